The summed E-state index contributed by atoms with van der Waals surface area (Å²) in [6.45, 7) is 6.22. The van der Waals surface area contributed by atoms with Crippen LogP contribution in [-0.4, -0.2) is 0 Å². The van der Waals surface area contributed by atoms with Crippen molar-refractivity contribution in [2.45, 2.75) is 44.8 Å². The van der Waals surface area contributed by atoms with Crippen molar-refractivity contribution in [3.05, 3.63) is 100 Å². The molecule has 30 heavy (non-hydrogen) atoms. The molecule has 2 N–H and O–H groups in total. The van der Waals surface area contributed by atoms with E-state index in [-0.39, 0.29) is 5.56 Å². The van der Waals surface area contributed by atoms with Crippen molar-refractivity contribution in [1.82, 2.24) is 10.6 Å². The molecule has 0 fully saturated rings. The lowest BCUT2D eigenvalue weighted by Gasteiger charge is -2.34. The highest BCUT2D eigenvalue weighted by Gasteiger charge is 2.36. The molecule has 2 aromatic carbocycles. The van der Waals surface area contributed by atoms with Gasteiger partial charge < -0.3 is 10.6 Å². The van der Waals surface area contributed by atoms with Crippen molar-refractivity contribution >= 4 is 5.70 Å². The number of dihydropyridines is 1. The minimum atomic E-state index is -4.40. The largest absolute Gasteiger partial charge is 0.416 e. The standard InChI is InChI=1S/C25H25F3N2/c1-16-9-3-4-10-18(16)17(2)29-24-15-23(30-22-14-8-6-12-20(22)24)19-11-5-7-13-21(19)25(26,27)28/h3-5,7,9-11,13,15,23,29-30H,2,6,8,12,14H2,1H3. The molecule has 1 heterocycles. The average molecular weight is 410 g/mol. The molecule has 2 nitrogen and oxygen atoms in total. The number of allylic oxidation sites excluding steroid dienone is 2. The summed E-state index contributed by atoms with van der Waals surface area (Å²) in [5.74, 6) is 0. The van der Waals surface area contributed by atoms with Crippen molar-refractivity contribution in [2.75, 3.05) is 0 Å². The van der Waals surface area contributed by atoms with Gasteiger partial charge in [0.15, 0.2) is 0 Å². The number of alkyl halides is 3. The summed E-state index contributed by atoms with van der Waals surface area (Å²) in [4.78, 5) is 0. The molecule has 0 amide bonds. The third-order valence-corrected chi connectivity index (χ3v) is 5.81. The first-order valence-electron chi connectivity index (χ1n) is 10.2. The molecule has 2 aromatic rings. The maximum atomic E-state index is 13.6. The Morgan fingerprint density at radius 1 is 1.03 bits per heavy atom. The lowest BCUT2D eigenvalue weighted by Crippen LogP contribution is -2.31. The Hall–Kier alpha value is -2.95. The van der Waals surface area contributed by atoms with Gasteiger partial charge in [-0.15, -0.1) is 0 Å². The van der Waals surface area contributed by atoms with Crippen LogP contribution in [0.4, 0.5) is 13.2 Å². The van der Waals surface area contributed by atoms with E-state index in [1.807, 2.05) is 37.3 Å². The maximum Gasteiger partial charge on any atom is 0.416 e. The SMILES string of the molecule is C=C(NC1=CC(c2ccccc2C(F)(F)F)NC2=C1CCCC2)c1ccccc1C. The van der Waals surface area contributed by atoms with Gasteiger partial charge in [0.25, 0.3) is 0 Å². The molecule has 0 spiro atoms. The van der Waals surface area contributed by atoms with E-state index in [4.69, 9.17) is 0 Å². The van der Waals surface area contributed by atoms with Crippen LogP contribution in [0.5, 0.6) is 0 Å². The molecule has 1 atom stereocenters. The lowest BCUT2D eigenvalue weighted by atomic mass is 9.87. The first-order valence-corrected chi connectivity index (χ1v) is 10.2. The van der Waals surface area contributed by atoms with Gasteiger partial charge in [0.2, 0.25) is 0 Å². The van der Waals surface area contributed by atoms with E-state index in [9.17, 15) is 13.2 Å². The van der Waals surface area contributed by atoms with Gasteiger partial charge in [-0.1, -0.05) is 49.0 Å². The third-order valence-electron chi connectivity index (χ3n) is 5.81. The average Bonchev–Trinajstić information content (AvgIpc) is 2.73. The predicted octanol–water partition coefficient (Wildman–Crippen LogP) is 6.63. The Kier molecular flexibility index (Phi) is 5.46. The van der Waals surface area contributed by atoms with Crippen LogP contribution in [0, 0.1) is 6.92 Å². The quantitative estimate of drug-likeness (QED) is 0.591. The second-order valence-corrected chi connectivity index (χ2v) is 7.87. The van der Waals surface area contributed by atoms with Crippen LogP contribution in [0.25, 0.3) is 5.70 Å². The van der Waals surface area contributed by atoms with Gasteiger partial charge in [-0.05, 0) is 61.4 Å². The minimum Gasteiger partial charge on any atom is -0.378 e. The predicted molar refractivity (Wildman–Crippen MR) is 114 cm³/mol. The Morgan fingerprint density at radius 3 is 2.50 bits per heavy atom. The van der Waals surface area contributed by atoms with E-state index >= 15 is 0 Å². The van der Waals surface area contributed by atoms with Gasteiger partial charge in [-0.25, -0.2) is 0 Å². The summed E-state index contributed by atoms with van der Waals surface area (Å²) in [7, 11) is 0. The molecule has 0 saturated heterocycles. The highest BCUT2D eigenvalue weighted by molar-refractivity contribution is 5.67. The van der Waals surface area contributed by atoms with Crippen LogP contribution < -0.4 is 10.6 Å². The second-order valence-electron chi connectivity index (χ2n) is 7.87. The van der Waals surface area contributed by atoms with Gasteiger partial charge >= 0.3 is 6.18 Å². The lowest BCUT2D eigenvalue weighted by molar-refractivity contribution is -0.138. The van der Waals surface area contributed by atoms with Gasteiger partial charge in [0.05, 0.1) is 11.6 Å². The molecule has 1 aliphatic heterocycles. The zero-order chi connectivity index (χ0) is 21.3. The highest BCUT2D eigenvalue weighted by atomic mass is 19.4. The van der Waals surface area contributed by atoms with Crippen molar-refractivity contribution in [3.63, 3.8) is 0 Å². The Bertz CT molecular complexity index is 1030. The van der Waals surface area contributed by atoms with E-state index in [1.54, 1.807) is 12.1 Å². The van der Waals surface area contributed by atoms with Gasteiger partial charge in [-0.2, -0.15) is 13.2 Å². The van der Waals surface area contributed by atoms with Gasteiger partial charge in [0.1, 0.15) is 0 Å². The topological polar surface area (TPSA) is 24.1 Å². The van der Waals surface area contributed by atoms with E-state index in [2.05, 4.69) is 17.2 Å². The summed E-state index contributed by atoms with van der Waals surface area (Å²) in [5, 5.41) is 6.79. The first-order chi connectivity index (χ1) is 14.3. The van der Waals surface area contributed by atoms with Crippen molar-refractivity contribution in [2.24, 2.45) is 0 Å². The number of aryl methyl sites for hydroxylation is 1. The molecular formula is C25H25F3N2. The molecule has 0 saturated carbocycles. The van der Waals surface area contributed by atoms with Crippen molar-refractivity contribution in [3.8, 4) is 0 Å². The zero-order valence-corrected chi connectivity index (χ0v) is 16.9. The molecule has 4 rings (SSSR count). The molecule has 1 aliphatic carbocycles. The van der Waals surface area contributed by atoms with Crippen LogP contribution in [-0.2, 0) is 6.18 Å². The van der Waals surface area contributed by atoms with Crippen LogP contribution in [0.2, 0.25) is 0 Å². The number of hydrogen-bond donors (Lipinski definition) is 2. The fourth-order valence-corrected chi connectivity index (χ4v) is 4.31. The van der Waals surface area contributed by atoms with Gasteiger partial charge in [-0.3, -0.25) is 0 Å². The smallest absolute Gasteiger partial charge is 0.378 e. The van der Waals surface area contributed by atoms with E-state index < -0.39 is 17.8 Å². The van der Waals surface area contributed by atoms with E-state index in [0.29, 0.717) is 0 Å². The molecule has 2 aliphatic rings. The fourth-order valence-electron chi connectivity index (χ4n) is 4.31. The summed E-state index contributed by atoms with van der Waals surface area (Å²) >= 11 is 0. The van der Waals surface area contributed by atoms with Crippen LogP contribution in [0.3, 0.4) is 0 Å². The maximum absolute atomic E-state index is 13.6. The molecular weight excluding hydrogens is 385 g/mol. The molecule has 0 bridgehead atoms. The van der Waals surface area contributed by atoms with Crippen molar-refractivity contribution in [1.29, 1.82) is 0 Å². The number of benzene rings is 2. The summed E-state index contributed by atoms with van der Waals surface area (Å²) in [6, 6.07) is 13.2. The Labute approximate surface area is 175 Å². The second kappa shape index (κ2) is 8.05. The first kappa shape index (κ1) is 20.3. The van der Waals surface area contributed by atoms with E-state index in [1.165, 1.54) is 6.07 Å². The normalized spacial score (nSPS) is 18.9. The van der Waals surface area contributed by atoms with E-state index in [0.717, 1.165) is 65.5 Å². The molecule has 0 radical (unpaired) electrons. The molecule has 0 aromatic heterocycles. The molecule has 1 unspecified atom stereocenters. The zero-order valence-electron chi connectivity index (χ0n) is 16.9. The summed E-state index contributed by atoms with van der Waals surface area (Å²) in [5.41, 5.74) is 5.53. The molecule has 156 valence electrons. The van der Waals surface area contributed by atoms with Crippen LogP contribution in [0.1, 0.15) is 54.0 Å². The Balaban J connectivity index is 1.72. The number of rotatable bonds is 4. The monoisotopic (exact) mass is 410 g/mol. The van der Waals surface area contributed by atoms with Crippen LogP contribution in [0.15, 0.2) is 78.2 Å². The molecule has 5 heteroatoms. The summed E-state index contributed by atoms with van der Waals surface area (Å²) in [6.07, 6.45) is 1.32. The summed E-state index contributed by atoms with van der Waals surface area (Å²) < 4.78 is 40.9. The van der Waals surface area contributed by atoms with Crippen LogP contribution >= 0.6 is 0 Å². The fraction of sp³-hybridized carbons (Fsp3) is 0.280. The minimum absolute atomic E-state index is 0.239. The number of halogens is 3. The highest BCUT2D eigenvalue weighted by Crippen LogP contribution is 2.39. The van der Waals surface area contributed by atoms with Gasteiger partial charge in [0, 0.05) is 22.7 Å². The number of nitrogens with one attached hydrogen (secondary N) is 2. The Morgan fingerprint density at radius 2 is 1.73 bits per heavy atom. The van der Waals surface area contributed by atoms with Crippen molar-refractivity contribution < 1.29 is 13.2 Å². The number of hydrogen-bond acceptors (Lipinski definition) is 2. The third kappa shape index (κ3) is 4.02.